The van der Waals surface area contributed by atoms with Gasteiger partial charge in [0.2, 0.25) is 5.91 Å². The van der Waals surface area contributed by atoms with Gasteiger partial charge in [-0.1, -0.05) is 11.8 Å². The number of aryl methyl sites for hydroxylation is 2. The van der Waals surface area contributed by atoms with Crippen LogP contribution in [0.5, 0.6) is 0 Å². The molecule has 2 aromatic rings. The van der Waals surface area contributed by atoms with E-state index < -0.39 is 0 Å². The van der Waals surface area contributed by atoms with Crippen molar-refractivity contribution in [1.29, 1.82) is 0 Å². The van der Waals surface area contributed by atoms with Gasteiger partial charge in [0, 0.05) is 31.6 Å². The second-order valence-corrected chi connectivity index (χ2v) is 5.58. The van der Waals surface area contributed by atoms with Crippen LogP contribution in [0.4, 0.5) is 0 Å². The van der Waals surface area contributed by atoms with Crippen LogP contribution in [-0.4, -0.2) is 51.5 Å². The molecule has 0 spiro atoms. The SMILES string of the molecule is COCCCNC(=O)CSc1nnc2nc(C)cc(C)n12. The van der Waals surface area contributed by atoms with Crippen molar-refractivity contribution >= 4 is 23.4 Å². The quantitative estimate of drug-likeness (QED) is 0.607. The fraction of sp³-hybridized carbons (Fsp3) is 0.538. The van der Waals surface area contributed by atoms with Crippen LogP contribution in [0.25, 0.3) is 5.78 Å². The van der Waals surface area contributed by atoms with Gasteiger partial charge in [0.25, 0.3) is 5.78 Å². The predicted octanol–water partition coefficient (Wildman–Crippen LogP) is 0.986. The topological polar surface area (TPSA) is 81.4 Å². The minimum Gasteiger partial charge on any atom is -0.385 e. The first-order valence-electron chi connectivity index (χ1n) is 6.69. The Labute approximate surface area is 127 Å². The Morgan fingerprint density at radius 3 is 3.00 bits per heavy atom. The molecule has 0 bridgehead atoms. The number of aromatic nitrogens is 4. The number of carbonyl (C=O) groups is 1. The Kier molecular flexibility index (Phi) is 5.51. The van der Waals surface area contributed by atoms with Crippen LogP contribution >= 0.6 is 11.8 Å². The van der Waals surface area contributed by atoms with Gasteiger partial charge in [-0.05, 0) is 26.3 Å². The van der Waals surface area contributed by atoms with Gasteiger partial charge in [-0.2, -0.15) is 0 Å². The van der Waals surface area contributed by atoms with Crippen LogP contribution in [0.3, 0.4) is 0 Å². The number of methoxy groups -OCH3 is 1. The first kappa shape index (κ1) is 15.7. The fourth-order valence-electron chi connectivity index (χ4n) is 1.92. The van der Waals surface area contributed by atoms with Gasteiger partial charge in [0.15, 0.2) is 5.16 Å². The number of hydrogen-bond acceptors (Lipinski definition) is 6. The van der Waals surface area contributed by atoms with Gasteiger partial charge < -0.3 is 10.1 Å². The summed E-state index contributed by atoms with van der Waals surface area (Å²) in [6.45, 7) is 5.15. The van der Waals surface area contributed by atoms with E-state index >= 15 is 0 Å². The van der Waals surface area contributed by atoms with Crippen molar-refractivity contribution < 1.29 is 9.53 Å². The predicted molar refractivity (Wildman–Crippen MR) is 80.5 cm³/mol. The maximum atomic E-state index is 11.7. The number of nitrogens with one attached hydrogen (secondary N) is 1. The van der Waals surface area contributed by atoms with Crippen LogP contribution in [0.2, 0.25) is 0 Å². The van der Waals surface area contributed by atoms with E-state index in [0.29, 0.717) is 29.8 Å². The summed E-state index contributed by atoms with van der Waals surface area (Å²) in [7, 11) is 1.65. The number of rotatable bonds is 7. The van der Waals surface area contributed by atoms with Crippen LogP contribution in [0.1, 0.15) is 17.8 Å². The van der Waals surface area contributed by atoms with Crippen molar-refractivity contribution in [3.05, 3.63) is 17.5 Å². The molecular formula is C13H19N5O2S. The Bertz CT molecular complexity index is 628. The molecule has 2 heterocycles. The zero-order chi connectivity index (χ0) is 15.2. The highest BCUT2D eigenvalue weighted by Crippen LogP contribution is 2.18. The second-order valence-electron chi connectivity index (χ2n) is 4.64. The Morgan fingerprint density at radius 2 is 2.24 bits per heavy atom. The van der Waals surface area contributed by atoms with E-state index in [1.54, 1.807) is 7.11 Å². The molecule has 1 N–H and O–H groups in total. The summed E-state index contributed by atoms with van der Waals surface area (Å²) < 4.78 is 6.79. The van der Waals surface area contributed by atoms with E-state index in [1.807, 2.05) is 24.3 Å². The van der Waals surface area contributed by atoms with Gasteiger partial charge in [-0.3, -0.25) is 9.20 Å². The maximum absolute atomic E-state index is 11.7. The van der Waals surface area contributed by atoms with Gasteiger partial charge in [-0.15, -0.1) is 10.2 Å². The van der Waals surface area contributed by atoms with Crippen molar-refractivity contribution in [3.63, 3.8) is 0 Å². The van der Waals surface area contributed by atoms with E-state index in [2.05, 4.69) is 20.5 Å². The summed E-state index contributed by atoms with van der Waals surface area (Å²) >= 11 is 1.35. The average Bonchev–Trinajstić information content (AvgIpc) is 2.84. The van der Waals surface area contributed by atoms with Gasteiger partial charge in [0.05, 0.1) is 5.75 Å². The zero-order valence-corrected chi connectivity index (χ0v) is 13.2. The molecule has 21 heavy (non-hydrogen) atoms. The van der Waals surface area contributed by atoms with Crippen LogP contribution < -0.4 is 5.32 Å². The molecule has 0 saturated heterocycles. The Hall–Kier alpha value is -1.67. The third kappa shape index (κ3) is 4.15. The highest BCUT2D eigenvalue weighted by Gasteiger charge is 2.11. The van der Waals surface area contributed by atoms with Gasteiger partial charge in [-0.25, -0.2) is 4.98 Å². The van der Waals surface area contributed by atoms with E-state index in [0.717, 1.165) is 17.8 Å². The molecule has 0 aromatic carbocycles. The van der Waals surface area contributed by atoms with Gasteiger partial charge >= 0.3 is 0 Å². The van der Waals surface area contributed by atoms with Crippen molar-refractivity contribution in [3.8, 4) is 0 Å². The van der Waals surface area contributed by atoms with Crippen LogP contribution in [0.15, 0.2) is 11.2 Å². The molecule has 2 rings (SSSR count). The summed E-state index contributed by atoms with van der Waals surface area (Å²) in [5, 5.41) is 11.7. The average molecular weight is 309 g/mol. The monoisotopic (exact) mass is 309 g/mol. The van der Waals surface area contributed by atoms with E-state index in [1.165, 1.54) is 11.8 Å². The lowest BCUT2D eigenvalue weighted by molar-refractivity contribution is -0.118. The highest BCUT2D eigenvalue weighted by atomic mass is 32.2. The standard InChI is InChI=1S/C13H19N5O2S/c1-9-7-10(2)18-12(15-9)16-17-13(18)21-8-11(19)14-5-4-6-20-3/h7H,4-6,8H2,1-3H3,(H,14,19). The zero-order valence-electron chi connectivity index (χ0n) is 12.4. The molecule has 0 fully saturated rings. The summed E-state index contributed by atoms with van der Waals surface area (Å²) in [5.41, 5.74) is 1.91. The van der Waals surface area contributed by atoms with Gasteiger partial charge in [0.1, 0.15) is 0 Å². The number of hydrogen-bond donors (Lipinski definition) is 1. The number of fused-ring (bicyclic) bond motifs is 1. The third-order valence-electron chi connectivity index (χ3n) is 2.84. The van der Waals surface area contributed by atoms with E-state index in [4.69, 9.17) is 4.74 Å². The second kappa shape index (κ2) is 7.37. The minimum atomic E-state index is -0.0226. The lowest BCUT2D eigenvalue weighted by Gasteiger charge is -2.05. The molecular weight excluding hydrogens is 290 g/mol. The molecule has 0 unspecified atom stereocenters. The normalized spacial score (nSPS) is 11.0. The van der Waals surface area contributed by atoms with E-state index in [-0.39, 0.29) is 5.91 Å². The molecule has 114 valence electrons. The first-order valence-corrected chi connectivity index (χ1v) is 7.68. The summed E-state index contributed by atoms with van der Waals surface area (Å²) in [4.78, 5) is 16.0. The third-order valence-corrected chi connectivity index (χ3v) is 3.77. The van der Waals surface area contributed by atoms with Crippen LogP contribution in [0, 0.1) is 13.8 Å². The lowest BCUT2D eigenvalue weighted by atomic mass is 10.3. The molecule has 0 radical (unpaired) electrons. The molecule has 0 saturated carbocycles. The first-order chi connectivity index (χ1) is 10.1. The molecule has 0 atom stereocenters. The summed E-state index contributed by atoms with van der Waals surface area (Å²) in [5.74, 6) is 0.849. The van der Waals surface area contributed by atoms with Crippen molar-refractivity contribution in [1.82, 2.24) is 24.9 Å². The number of nitrogens with zero attached hydrogens (tertiary/aromatic N) is 4. The molecule has 1 amide bonds. The smallest absolute Gasteiger partial charge is 0.256 e. The summed E-state index contributed by atoms with van der Waals surface area (Å²) in [6, 6.07) is 1.96. The molecule has 7 nitrogen and oxygen atoms in total. The van der Waals surface area contributed by atoms with Crippen molar-refractivity contribution in [2.45, 2.75) is 25.4 Å². The number of carbonyl (C=O) groups excluding carboxylic acids is 1. The Morgan fingerprint density at radius 1 is 1.43 bits per heavy atom. The minimum absolute atomic E-state index is 0.0226. The molecule has 0 aliphatic rings. The fourth-order valence-corrected chi connectivity index (χ4v) is 2.73. The lowest BCUT2D eigenvalue weighted by Crippen LogP contribution is -2.26. The highest BCUT2D eigenvalue weighted by molar-refractivity contribution is 7.99. The summed E-state index contributed by atoms with van der Waals surface area (Å²) in [6.07, 6.45) is 0.809. The number of amides is 1. The number of thioether (sulfide) groups is 1. The molecule has 0 aliphatic carbocycles. The van der Waals surface area contributed by atoms with Crippen molar-refractivity contribution in [2.75, 3.05) is 26.0 Å². The van der Waals surface area contributed by atoms with Crippen LogP contribution in [-0.2, 0) is 9.53 Å². The van der Waals surface area contributed by atoms with E-state index in [9.17, 15) is 4.79 Å². The number of ether oxygens (including phenoxy) is 1. The largest absolute Gasteiger partial charge is 0.385 e. The molecule has 2 aromatic heterocycles. The van der Waals surface area contributed by atoms with Crippen molar-refractivity contribution in [2.24, 2.45) is 0 Å². The molecule has 0 aliphatic heterocycles. The maximum Gasteiger partial charge on any atom is 0.256 e. The Balaban J connectivity index is 1.93. The molecule has 8 heteroatoms.